The third-order valence-corrected chi connectivity index (χ3v) is 6.01. The van der Waals surface area contributed by atoms with Crippen LogP contribution in [0.15, 0.2) is 66.7 Å². The van der Waals surface area contributed by atoms with Gasteiger partial charge in [0.1, 0.15) is 34.8 Å². The number of rotatable bonds is 5. The fourth-order valence-electron chi connectivity index (χ4n) is 3.46. The van der Waals surface area contributed by atoms with Crippen LogP contribution < -0.4 is 9.47 Å². The molecule has 0 bridgehead atoms. The van der Waals surface area contributed by atoms with Crippen LogP contribution in [0, 0.1) is 51.0 Å². The van der Waals surface area contributed by atoms with Gasteiger partial charge in [-0.15, -0.1) is 0 Å². The highest BCUT2D eigenvalue weighted by Gasteiger charge is 2.20. The van der Waals surface area contributed by atoms with Gasteiger partial charge < -0.3 is 9.47 Å². The van der Waals surface area contributed by atoms with Crippen molar-refractivity contribution in [3.8, 4) is 11.5 Å². The maximum Gasteiger partial charge on any atom is 0.643 e. The Balaban J connectivity index is 0.000000344. The quantitative estimate of drug-likeness (QED) is 0.0891. The molecule has 240 valence electrons. The van der Waals surface area contributed by atoms with Crippen LogP contribution in [0.2, 0.25) is 0 Å². The van der Waals surface area contributed by atoms with Gasteiger partial charge in [-0.3, -0.25) is 9.59 Å². The normalized spacial score (nSPS) is 9.73. The van der Waals surface area contributed by atoms with Crippen LogP contribution in [-0.2, 0) is 0 Å². The summed E-state index contributed by atoms with van der Waals surface area (Å²) in [4.78, 5) is 23.0. The summed E-state index contributed by atoms with van der Waals surface area (Å²) < 4.78 is 62.5. The van der Waals surface area contributed by atoms with Gasteiger partial charge in [0.2, 0.25) is 0 Å². The molecule has 0 amide bonds. The van der Waals surface area contributed by atoms with Gasteiger partial charge in [-0.2, -0.15) is 0 Å². The van der Waals surface area contributed by atoms with Gasteiger partial charge in [0, 0.05) is 12.1 Å². The molecule has 0 N–H and O–H groups in total. The number of hydrogen-bond acceptors (Lipinski definition) is 4. The van der Waals surface area contributed by atoms with Crippen LogP contribution in [0.5, 0.6) is 11.5 Å². The average Bonchev–Trinajstić information content (AvgIpc) is 2.97. The predicted molar refractivity (Wildman–Crippen MR) is 175 cm³/mol. The SMILES string of the molecule is COc1ccc(C)cc1.COc1ccc(C)cc1C(=O)c1cc(C)c(F)cc1F.Cc1cc(C(=O)Cl)c(F)cc1F.[Cl][Al]([Cl])[Cl]. The highest BCUT2D eigenvalue weighted by Crippen LogP contribution is 2.25. The number of aryl methyl sites for hydroxylation is 4. The zero-order chi connectivity index (χ0) is 34.4. The molecule has 0 aliphatic rings. The standard InChI is InChI=1S/C16H14F2O2.C8H5ClF2O.C8H10O.Al.3ClH/c1-9-4-5-15(20-3)12(6-9)16(19)11-7-10(2)13(17)8-14(11)18;1-4-2-5(8(9)12)7(11)3-6(4)10;1-7-3-5-8(9-2)6-4-7;;;;/h4-8H,1-3H3;2-3H,1H3;3-6H,1-2H3;;3*1H/q;;;+3;;;/p-3. The van der Waals surface area contributed by atoms with E-state index >= 15 is 0 Å². The van der Waals surface area contributed by atoms with Gasteiger partial charge >= 0.3 is 11.4 Å². The first-order valence-electron chi connectivity index (χ1n) is 12.9. The zero-order valence-corrected chi connectivity index (χ0v) is 29.3. The Morgan fingerprint density at radius 1 is 0.600 bits per heavy atom. The molecule has 0 atom stereocenters. The number of methoxy groups -OCH3 is 2. The van der Waals surface area contributed by atoms with Gasteiger partial charge in [0.25, 0.3) is 5.24 Å². The van der Waals surface area contributed by atoms with Gasteiger partial charge in [0.05, 0.1) is 30.9 Å². The van der Waals surface area contributed by atoms with E-state index in [1.165, 1.54) is 32.6 Å². The van der Waals surface area contributed by atoms with Gasteiger partial charge in [-0.25, -0.2) is 47.7 Å². The molecule has 0 fully saturated rings. The molecular formula is C32H29AlCl4F4O4. The Bertz CT molecular complexity index is 1600. The third-order valence-electron chi connectivity index (χ3n) is 5.81. The number of ketones is 1. The lowest BCUT2D eigenvalue weighted by Crippen LogP contribution is -2.08. The Kier molecular flexibility index (Phi) is 17.6. The second-order valence-electron chi connectivity index (χ2n) is 9.23. The maximum atomic E-state index is 13.8. The summed E-state index contributed by atoms with van der Waals surface area (Å²) in [6, 6.07) is 16.7. The maximum absolute atomic E-state index is 13.8. The van der Waals surface area contributed by atoms with Crippen molar-refractivity contribution in [2.24, 2.45) is 0 Å². The van der Waals surface area contributed by atoms with Gasteiger partial charge in [-0.05, 0) is 86.8 Å². The highest BCUT2D eigenvalue weighted by molar-refractivity contribution is 7.54. The van der Waals surface area contributed by atoms with Crippen molar-refractivity contribution in [2.45, 2.75) is 27.7 Å². The van der Waals surface area contributed by atoms with Gasteiger partial charge in [0.15, 0.2) is 5.78 Å². The molecule has 0 aromatic heterocycles. The summed E-state index contributed by atoms with van der Waals surface area (Å²) in [5.41, 5.74) is 2.34. The van der Waals surface area contributed by atoms with Crippen LogP contribution in [0.4, 0.5) is 17.6 Å². The van der Waals surface area contributed by atoms with E-state index in [-0.39, 0.29) is 27.8 Å². The molecule has 13 heteroatoms. The molecular weight excluding hydrogens is 693 g/mol. The van der Waals surface area contributed by atoms with Crippen molar-refractivity contribution in [2.75, 3.05) is 14.2 Å². The van der Waals surface area contributed by atoms with Crippen LogP contribution in [0.3, 0.4) is 0 Å². The second-order valence-corrected chi connectivity index (χ2v) is 16.0. The van der Waals surface area contributed by atoms with Crippen molar-refractivity contribution >= 4 is 64.2 Å². The van der Waals surface area contributed by atoms with E-state index in [9.17, 15) is 27.2 Å². The molecule has 0 aliphatic heterocycles. The minimum atomic E-state index is -1.72. The molecule has 4 aromatic rings. The molecule has 0 saturated carbocycles. The lowest BCUT2D eigenvalue weighted by Gasteiger charge is -2.10. The van der Waals surface area contributed by atoms with Crippen molar-refractivity contribution in [1.29, 1.82) is 0 Å². The molecule has 0 spiro atoms. The van der Waals surface area contributed by atoms with Crippen molar-refractivity contribution in [3.05, 3.63) is 129 Å². The van der Waals surface area contributed by atoms with E-state index in [0.717, 1.165) is 23.4 Å². The molecule has 0 saturated heterocycles. The van der Waals surface area contributed by atoms with E-state index in [1.54, 1.807) is 25.3 Å². The van der Waals surface area contributed by atoms with Crippen LogP contribution in [0.1, 0.15) is 48.5 Å². The second kappa shape index (κ2) is 19.7. The first kappa shape index (κ1) is 40.3. The van der Waals surface area contributed by atoms with E-state index in [4.69, 9.17) is 51.2 Å². The molecule has 4 rings (SSSR count). The predicted octanol–water partition coefficient (Wildman–Crippen LogP) is 10.2. The van der Waals surface area contributed by atoms with Crippen LogP contribution in [0.25, 0.3) is 0 Å². The monoisotopic (exact) mass is 720 g/mol. The Morgan fingerprint density at radius 3 is 1.49 bits per heavy atom. The fraction of sp³-hybridized carbons (Fsp3) is 0.188. The molecule has 4 aromatic carbocycles. The van der Waals surface area contributed by atoms with E-state index in [0.29, 0.717) is 11.8 Å². The summed E-state index contributed by atoms with van der Waals surface area (Å²) in [6.45, 7) is 6.79. The summed E-state index contributed by atoms with van der Waals surface area (Å²) in [5, 5.41) is -0.921. The lowest BCUT2D eigenvalue weighted by molar-refractivity contribution is 0.103. The number of benzene rings is 4. The summed E-state index contributed by atoms with van der Waals surface area (Å²) in [5.74, 6) is -2.40. The summed E-state index contributed by atoms with van der Waals surface area (Å²) in [7, 11) is 17.9. The van der Waals surface area contributed by atoms with E-state index in [1.807, 2.05) is 31.2 Å². The third kappa shape index (κ3) is 13.6. The smallest absolute Gasteiger partial charge is 0.497 e. The average molecular weight is 722 g/mol. The first-order chi connectivity index (χ1) is 21.0. The van der Waals surface area contributed by atoms with E-state index in [2.05, 4.69) is 6.92 Å². The lowest BCUT2D eigenvalue weighted by atomic mass is 9.98. The van der Waals surface area contributed by atoms with Crippen molar-refractivity contribution in [1.82, 2.24) is 0 Å². The topological polar surface area (TPSA) is 52.6 Å². The van der Waals surface area contributed by atoms with E-state index < -0.39 is 45.7 Å². The van der Waals surface area contributed by atoms with Gasteiger partial charge in [-0.1, -0.05) is 29.3 Å². The zero-order valence-electron chi connectivity index (χ0n) is 25.1. The number of carbonyl (C=O) groups excluding carboxylic acids is 2. The fourth-order valence-corrected chi connectivity index (χ4v) is 3.60. The van der Waals surface area contributed by atoms with Crippen LogP contribution >= 0.6 is 41.7 Å². The molecule has 0 radical (unpaired) electrons. The Morgan fingerprint density at radius 2 is 1.04 bits per heavy atom. The minimum absolute atomic E-state index is 0.159. The summed E-state index contributed by atoms with van der Waals surface area (Å²) in [6.07, 6.45) is 0. The molecule has 4 nitrogen and oxygen atoms in total. The first-order valence-corrected chi connectivity index (χ1v) is 18.5. The minimum Gasteiger partial charge on any atom is -0.497 e. The van der Waals surface area contributed by atoms with Crippen molar-refractivity contribution in [3.63, 3.8) is 0 Å². The Hall–Kier alpha value is -2.77. The summed E-state index contributed by atoms with van der Waals surface area (Å²) >= 11 is 3.31. The number of halogens is 8. The largest absolute Gasteiger partial charge is 0.643 e. The number of ether oxygens (including phenoxy) is 2. The Labute approximate surface area is 281 Å². The number of carbonyl (C=O) groups is 2. The number of hydrogen-bond donors (Lipinski definition) is 0. The molecule has 0 aliphatic carbocycles. The van der Waals surface area contributed by atoms with Crippen molar-refractivity contribution < 1.29 is 36.6 Å². The molecule has 0 heterocycles. The van der Waals surface area contributed by atoms with Crippen LogP contribution in [-0.4, -0.2) is 36.6 Å². The highest BCUT2D eigenvalue weighted by atomic mass is 35.8. The molecule has 45 heavy (non-hydrogen) atoms. The molecule has 0 unspecified atom stereocenters.